The highest BCUT2D eigenvalue weighted by atomic mass is 16.3. The minimum Gasteiger partial charge on any atom is -0.391 e. The third-order valence-electron chi connectivity index (χ3n) is 2.81. The van der Waals surface area contributed by atoms with Crippen molar-refractivity contribution in [1.82, 2.24) is 10.3 Å². The predicted octanol–water partition coefficient (Wildman–Crippen LogP) is 0.891. The maximum absolute atomic E-state index is 11.6. The smallest absolute Gasteiger partial charge is 0.252 e. The van der Waals surface area contributed by atoms with Crippen molar-refractivity contribution in [3.8, 4) is 0 Å². The molecule has 1 atom stereocenters. The first kappa shape index (κ1) is 11.1. The van der Waals surface area contributed by atoms with Gasteiger partial charge in [-0.3, -0.25) is 9.78 Å². The number of nitrogens with one attached hydrogen (secondary N) is 1. The summed E-state index contributed by atoms with van der Waals surface area (Å²) in [5, 5.41) is 12.3. The highest BCUT2D eigenvalue weighted by Gasteiger charge is 2.29. The van der Waals surface area contributed by atoms with E-state index in [2.05, 4.69) is 10.3 Å². The Hall–Kier alpha value is -1.42. The van der Waals surface area contributed by atoms with Gasteiger partial charge in [0, 0.05) is 18.4 Å². The molecule has 1 heterocycles. The summed E-state index contributed by atoms with van der Waals surface area (Å²) in [6.45, 7) is 2.20. The van der Waals surface area contributed by atoms with Gasteiger partial charge in [0.1, 0.15) is 0 Å². The Bertz CT molecular complexity index is 371. The number of hydrogen-bond donors (Lipinski definition) is 2. The third kappa shape index (κ3) is 2.79. The van der Waals surface area contributed by atoms with Crippen LogP contribution in [-0.2, 0) is 0 Å². The van der Waals surface area contributed by atoms with Gasteiger partial charge in [0.2, 0.25) is 0 Å². The van der Waals surface area contributed by atoms with Gasteiger partial charge in [-0.1, -0.05) is 0 Å². The van der Waals surface area contributed by atoms with Crippen LogP contribution in [0.4, 0.5) is 0 Å². The van der Waals surface area contributed by atoms with Crippen molar-refractivity contribution in [2.75, 3.05) is 6.54 Å². The molecule has 1 aliphatic carbocycles. The molecule has 1 saturated carbocycles. The first-order chi connectivity index (χ1) is 7.66. The number of carbonyl (C=O) groups excluding carboxylic acids is 1. The van der Waals surface area contributed by atoms with Crippen molar-refractivity contribution in [2.45, 2.75) is 25.9 Å². The van der Waals surface area contributed by atoms with Gasteiger partial charge in [0.25, 0.3) is 5.91 Å². The standard InChI is InChI=1S/C12H16N2O2/c1-8-2-3-10(6-13-8)12(16)14-7-11(15)9-4-5-9/h2-3,6,9,11,15H,4-5,7H2,1H3,(H,14,16). The Morgan fingerprint density at radius 1 is 1.62 bits per heavy atom. The number of aromatic nitrogens is 1. The fourth-order valence-corrected chi connectivity index (χ4v) is 1.55. The van der Waals surface area contributed by atoms with E-state index in [1.54, 1.807) is 18.3 Å². The van der Waals surface area contributed by atoms with Gasteiger partial charge in [-0.2, -0.15) is 0 Å². The van der Waals surface area contributed by atoms with Crippen LogP contribution in [0.25, 0.3) is 0 Å². The second-order valence-corrected chi connectivity index (χ2v) is 4.30. The summed E-state index contributed by atoms with van der Waals surface area (Å²) in [4.78, 5) is 15.7. The van der Waals surface area contributed by atoms with Crippen molar-refractivity contribution in [3.63, 3.8) is 0 Å². The normalized spacial score (nSPS) is 16.9. The zero-order chi connectivity index (χ0) is 11.5. The second kappa shape index (κ2) is 4.61. The molecule has 1 aromatic heterocycles. The molecule has 0 spiro atoms. The summed E-state index contributed by atoms with van der Waals surface area (Å²) in [5.41, 5.74) is 1.42. The summed E-state index contributed by atoms with van der Waals surface area (Å²) in [5.74, 6) is 0.212. The quantitative estimate of drug-likeness (QED) is 0.792. The molecule has 1 unspecified atom stereocenters. The largest absolute Gasteiger partial charge is 0.391 e. The highest BCUT2D eigenvalue weighted by molar-refractivity contribution is 5.93. The number of nitrogens with zero attached hydrogens (tertiary/aromatic N) is 1. The average Bonchev–Trinajstić information content (AvgIpc) is 3.10. The van der Waals surface area contributed by atoms with Crippen LogP contribution < -0.4 is 5.32 Å². The number of hydrogen-bond acceptors (Lipinski definition) is 3. The van der Waals surface area contributed by atoms with Crippen LogP contribution in [0.15, 0.2) is 18.3 Å². The van der Waals surface area contributed by atoms with Crippen LogP contribution >= 0.6 is 0 Å². The predicted molar refractivity (Wildman–Crippen MR) is 60.0 cm³/mol. The molecule has 2 N–H and O–H groups in total. The van der Waals surface area contributed by atoms with Gasteiger partial charge in [0.15, 0.2) is 0 Å². The number of carbonyl (C=O) groups is 1. The minimum absolute atomic E-state index is 0.174. The molecule has 1 amide bonds. The van der Waals surface area contributed by atoms with Crippen LogP contribution in [0.3, 0.4) is 0 Å². The Morgan fingerprint density at radius 3 is 2.94 bits per heavy atom. The maximum atomic E-state index is 11.6. The third-order valence-corrected chi connectivity index (χ3v) is 2.81. The van der Waals surface area contributed by atoms with Gasteiger partial charge in [-0.25, -0.2) is 0 Å². The lowest BCUT2D eigenvalue weighted by Gasteiger charge is -2.10. The molecule has 0 bridgehead atoms. The molecular weight excluding hydrogens is 204 g/mol. The monoisotopic (exact) mass is 220 g/mol. The average molecular weight is 220 g/mol. The fraction of sp³-hybridized carbons (Fsp3) is 0.500. The van der Waals surface area contributed by atoms with Gasteiger partial charge in [-0.05, 0) is 37.8 Å². The van der Waals surface area contributed by atoms with Gasteiger partial charge in [0.05, 0.1) is 11.7 Å². The minimum atomic E-state index is -0.401. The molecule has 0 aromatic carbocycles. The van der Waals surface area contributed by atoms with E-state index in [4.69, 9.17) is 0 Å². The summed E-state index contributed by atoms with van der Waals surface area (Å²) < 4.78 is 0. The number of aliphatic hydroxyl groups is 1. The van der Waals surface area contributed by atoms with Crippen LogP contribution in [0.5, 0.6) is 0 Å². The molecule has 86 valence electrons. The van der Waals surface area contributed by atoms with E-state index in [1.807, 2.05) is 6.92 Å². The molecule has 4 heteroatoms. The molecule has 1 aromatic rings. The molecule has 0 saturated heterocycles. The SMILES string of the molecule is Cc1ccc(C(=O)NCC(O)C2CC2)cn1. The molecule has 0 aliphatic heterocycles. The Labute approximate surface area is 94.7 Å². The van der Waals surface area contributed by atoms with E-state index >= 15 is 0 Å². The number of amides is 1. The number of aliphatic hydroxyl groups excluding tert-OH is 1. The summed E-state index contributed by atoms with van der Waals surface area (Å²) >= 11 is 0. The molecule has 2 rings (SSSR count). The lowest BCUT2D eigenvalue weighted by molar-refractivity contribution is 0.0901. The summed E-state index contributed by atoms with van der Waals surface area (Å²) in [6, 6.07) is 3.54. The first-order valence-corrected chi connectivity index (χ1v) is 5.56. The van der Waals surface area contributed by atoms with Crippen molar-refractivity contribution in [1.29, 1.82) is 0 Å². The molecule has 16 heavy (non-hydrogen) atoms. The lowest BCUT2D eigenvalue weighted by atomic mass is 10.2. The molecule has 1 fully saturated rings. The van der Waals surface area contributed by atoms with E-state index < -0.39 is 6.10 Å². The topological polar surface area (TPSA) is 62.2 Å². The second-order valence-electron chi connectivity index (χ2n) is 4.30. The summed E-state index contributed by atoms with van der Waals surface area (Å²) in [7, 11) is 0. The molecular formula is C12H16N2O2. The van der Waals surface area contributed by atoms with Gasteiger partial charge >= 0.3 is 0 Å². The number of rotatable bonds is 4. The molecule has 0 radical (unpaired) electrons. The zero-order valence-electron chi connectivity index (χ0n) is 9.31. The van der Waals surface area contributed by atoms with Crippen molar-refractivity contribution in [3.05, 3.63) is 29.6 Å². The Balaban J connectivity index is 1.85. The molecule has 4 nitrogen and oxygen atoms in total. The van der Waals surface area contributed by atoms with Crippen molar-refractivity contribution >= 4 is 5.91 Å². The number of aryl methyl sites for hydroxylation is 1. The Kier molecular flexibility index (Phi) is 3.19. The summed E-state index contributed by atoms with van der Waals surface area (Å²) in [6.07, 6.45) is 3.29. The Morgan fingerprint density at radius 2 is 2.38 bits per heavy atom. The van der Waals surface area contributed by atoms with Gasteiger partial charge in [-0.15, -0.1) is 0 Å². The zero-order valence-corrected chi connectivity index (χ0v) is 9.31. The first-order valence-electron chi connectivity index (χ1n) is 5.56. The van der Waals surface area contributed by atoms with E-state index in [1.165, 1.54) is 0 Å². The van der Waals surface area contributed by atoms with E-state index in [0.29, 0.717) is 18.0 Å². The number of pyridine rings is 1. The van der Waals surface area contributed by atoms with Crippen LogP contribution in [0.2, 0.25) is 0 Å². The fourth-order valence-electron chi connectivity index (χ4n) is 1.55. The molecule has 1 aliphatic rings. The van der Waals surface area contributed by atoms with Crippen molar-refractivity contribution in [2.24, 2.45) is 5.92 Å². The van der Waals surface area contributed by atoms with E-state index in [-0.39, 0.29) is 5.91 Å². The van der Waals surface area contributed by atoms with E-state index in [0.717, 1.165) is 18.5 Å². The van der Waals surface area contributed by atoms with Crippen molar-refractivity contribution < 1.29 is 9.90 Å². The van der Waals surface area contributed by atoms with Crippen LogP contribution in [0.1, 0.15) is 28.9 Å². The maximum Gasteiger partial charge on any atom is 0.252 e. The highest BCUT2D eigenvalue weighted by Crippen LogP contribution is 2.32. The van der Waals surface area contributed by atoms with Gasteiger partial charge < -0.3 is 10.4 Å². The van der Waals surface area contributed by atoms with Crippen LogP contribution in [0, 0.1) is 12.8 Å². The van der Waals surface area contributed by atoms with E-state index in [9.17, 15) is 9.90 Å². The lowest BCUT2D eigenvalue weighted by Crippen LogP contribution is -2.33. The van der Waals surface area contributed by atoms with Crippen LogP contribution in [-0.4, -0.2) is 28.6 Å².